The minimum absolute atomic E-state index is 0.0783. The van der Waals surface area contributed by atoms with Crippen molar-refractivity contribution >= 4 is 10.0 Å². The van der Waals surface area contributed by atoms with Gasteiger partial charge in [0.05, 0.1) is 12.7 Å². The molecular formula is C22H28N4O5S. The molecule has 172 valence electrons. The molecule has 2 aromatic heterocycles. The number of aromatic amines is 1. The van der Waals surface area contributed by atoms with E-state index < -0.39 is 28.3 Å². The summed E-state index contributed by atoms with van der Waals surface area (Å²) in [5.41, 5.74) is 0.458. The maximum Gasteiger partial charge on any atom is 0.276 e. The molecule has 1 unspecified atom stereocenters. The van der Waals surface area contributed by atoms with Crippen molar-refractivity contribution in [1.29, 1.82) is 0 Å². The second-order valence-corrected chi connectivity index (χ2v) is 10.4. The number of sulfonamides is 1. The SMILES string of the molecule is CC(C)(C)N(CC(O)CO)S(=O)(=O)c1ccc(-n2[nH]cc(Cc3ccccc3)c2=O)nc1. The van der Waals surface area contributed by atoms with Crippen molar-refractivity contribution in [3.63, 3.8) is 0 Å². The summed E-state index contributed by atoms with van der Waals surface area (Å²) in [6.45, 7) is 4.28. The van der Waals surface area contributed by atoms with Crippen LogP contribution in [0.15, 0.2) is 64.5 Å². The van der Waals surface area contributed by atoms with Crippen molar-refractivity contribution in [3.05, 3.63) is 76.3 Å². The topological polar surface area (TPSA) is 129 Å². The lowest BCUT2D eigenvalue weighted by Gasteiger charge is -2.35. The van der Waals surface area contributed by atoms with Gasteiger partial charge in [-0.05, 0) is 38.5 Å². The van der Waals surface area contributed by atoms with E-state index >= 15 is 0 Å². The van der Waals surface area contributed by atoms with E-state index in [0.29, 0.717) is 12.0 Å². The quantitative estimate of drug-likeness (QED) is 0.465. The highest BCUT2D eigenvalue weighted by Gasteiger charge is 2.35. The lowest BCUT2D eigenvalue weighted by Crippen LogP contribution is -2.49. The molecule has 0 aliphatic rings. The number of pyridine rings is 1. The van der Waals surface area contributed by atoms with Crippen LogP contribution < -0.4 is 5.56 Å². The zero-order valence-corrected chi connectivity index (χ0v) is 19.1. The van der Waals surface area contributed by atoms with Gasteiger partial charge in [0.15, 0.2) is 5.82 Å². The Kier molecular flexibility index (Phi) is 6.99. The summed E-state index contributed by atoms with van der Waals surface area (Å²) in [7, 11) is -4.01. The largest absolute Gasteiger partial charge is 0.394 e. The number of H-pyrrole nitrogens is 1. The fourth-order valence-corrected chi connectivity index (χ4v) is 5.06. The van der Waals surface area contributed by atoms with Crippen LogP contribution in [0.2, 0.25) is 0 Å². The Balaban J connectivity index is 1.88. The van der Waals surface area contributed by atoms with Crippen LogP contribution in [-0.2, 0) is 16.4 Å². The molecule has 0 aliphatic carbocycles. The van der Waals surface area contributed by atoms with E-state index in [9.17, 15) is 18.3 Å². The van der Waals surface area contributed by atoms with Crippen molar-refractivity contribution in [2.45, 2.75) is 43.7 Å². The number of hydrogen-bond acceptors (Lipinski definition) is 6. The number of nitrogens with one attached hydrogen (secondary N) is 1. The molecule has 0 saturated heterocycles. The summed E-state index contributed by atoms with van der Waals surface area (Å²) in [5.74, 6) is 0.256. The molecule has 1 atom stereocenters. The van der Waals surface area contributed by atoms with Crippen molar-refractivity contribution in [3.8, 4) is 5.82 Å². The molecule has 1 aromatic carbocycles. The Hall–Kier alpha value is -2.79. The Labute approximate surface area is 187 Å². The predicted octanol–water partition coefficient (Wildman–Crippen LogP) is 1.29. The lowest BCUT2D eigenvalue weighted by molar-refractivity contribution is 0.0622. The van der Waals surface area contributed by atoms with Crippen LogP contribution in [0, 0.1) is 0 Å². The normalized spacial score (nSPS) is 13.4. The fourth-order valence-electron chi connectivity index (χ4n) is 3.29. The Morgan fingerprint density at radius 1 is 1.16 bits per heavy atom. The van der Waals surface area contributed by atoms with E-state index in [1.165, 1.54) is 23.0 Å². The third kappa shape index (κ3) is 5.16. The number of hydrogen-bond donors (Lipinski definition) is 3. The summed E-state index contributed by atoms with van der Waals surface area (Å²) in [6.07, 6.45) is 2.04. The molecule has 3 rings (SSSR count). The minimum Gasteiger partial charge on any atom is -0.394 e. The van der Waals surface area contributed by atoms with Gasteiger partial charge in [0, 0.05) is 36.5 Å². The standard InChI is InChI=1S/C22H28N4O5S/c1-22(2,3)25(14-18(28)15-27)32(30,31)19-9-10-20(23-13-19)26-21(29)17(12-24-26)11-16-7-5-4-6-8-16/h4-10,12-13,18,24,27-28H,11,14-15H2,1-3H3. The first-order chi connectivity index (χ1) is 15.0. The van der Waals surface area contributed by atoms with E-state index in [-0.39, 0.29) is 22.8 Å². The first-order valence-corrected chi connectivity index (χ1v) is 11.6. The molecule has 10 heteroatoms. The van der Waals surface area contributed by atoms with Crippen LogP contribution in [-0.4, -0.2) is 62.5 Å². The lowest BCUT2D eigenvalue weighted by atomic mass is 10.1. The molecule has 0 spiro atoms. The molecule has 32 heavy (non-hydrogen) atoms. The average Bonchev–Trinajstić information content (AvgIpc) is 3.11. The summed E-state index contributed by atoms with van der Waals surface area (Å²) in [4.78, 5) is 16.9. The molecule has 2 heterocycles. The summed E-state index contributed by atoms with van der Waals surface area (Å²) in [5, 5.41) is 21.8. The number of aliphatic hydroxyl groups excluding tert-OH is 2. The van der Waals surface area contributed by atoms with Gasteiger partial charge in [0.25, 0.3) is 5.56 Å². The molecule has 0 amide bonds. The molecule has 9 nitrogen and oxygen atoms in total. The summed E-state index contributed by atoms with van der Waals surface area (Å²) >= 11 is 0. The first kappa shape index (κ1) is 23.9. The second kappa shape index (κ2) is 9.37. The molecule has 3 N–H and O–H groups in total. The monoisotopic (exact) mass is 460 g/mol. The zero-order valence-electron chi connectivity index (χ0n) is 18.3. The molecule has 0 fully saturated rings. The fraction of sp³-hybridized carbons (Fsp3) is 0.364. The van der Waals surface area contributed by atoms with E-state index in [0.717, 1.165) is 9.87 Å². The molecule has 0 aliphatic heterocycles. The van der Waals surface area contributed by atoms with Gasteiger partial charge in [0.2, 0.25) is 10.0 Å². The van der Waals surface area contributed by atoms with E-state index in [1.54, 1.807) is 27.0 Å². The first-order valence-electron chi connectivity index (χ1n) is 10.2. The van der Waals surface area contributed by atoms with Crippen LogP contribution in [0.3, 0.4) is 0 Å². The summed E-state index contributed by atoms with van der Waals surface area (Å²) < 4.78 is 28.7. The van der Waals surface area contributed by atoms with Crippen LogP contribution in [0.25, 0.3) is 5.82 Å². The van der Waals surface area contributed by atoms with Crippen molar-refractivity contribution < 1.29 is 18.6 Å². The smallest absolute Gasteiger partial charge is 0.276 e. The van der Waals surface area contributed by atoms with Gasteiger partial charge < -0.3 is 10.2 Å². The predicted molar refractivity (Wildman–Crippen MR) is 120 cm³/mol. The van der Waals surface area contributed by atoms with Crippen molar-refractivity contribution in [2.75, 3.05) is 13.2 Å². The number of aliphatic hydroxyl groups is 2. The third-order valence-corrected chi connectivity index (χ3v) is 7.07. The number of β-amino-alcohol motifs (C(OH)–C–C–N with tert-alkyl or cyclic N) is 1. The van der Waals surface area contributed by atoms with E-state index in [1.807, 2.05) is 30.3 Å². The summed E-state index contributed by atoms with van der Waals surface area (Å²) in [6, 6.07) is 12.4. The zero-order chi connectivity index (χ0) is 23.5. The average molecular weight is 461 g/mol. The van der Waals surface area contributed by atoms with Gasteiger partial charge in [-0.3, -0.25) is 9.89 Å². The van der Waals surface area contributed by atoms with Crippen LogP contribution in [0.1, 0.15) is 31.9 Å². The number of benzene rings is 1. The van der Waals surface area contributed by atoms with E-state index in [4.69, 9.17) is 5.11 Å². The van der Waals surface area contributed by atoms with Crippen molar-refractivity contribution in [2.24, 2.45) is 0 Å². The highest BCUT2D eigenvalue weighted by atomic mass is 32.2. The number of aromatic nitrogens is 3. The van der Waals surface area contributed by atoms with Gasteiger partial charge in [-0.2, -0.15) is 4.31 Å². The molecular weight excluding hydrogens is 432 g/mol. The molecule has 3 aromatic rings. The Bertz CT molecular complexity index is 1200. The number of rotatable bonds is 8. The van der Waals surface area contributed by atoms with Crippen LogP contribution in [0.4, 0.5) is 0 Å². The minimum atomic E-state index is -4.01. The number of nitrogens with zero attached hydrogens (tertiary/aromatic N) is 3. The van der Waals surface area contributed by atoms with Gasteiger partial charge >= 0.3 is 0 Å². The maximum absolute atomic E-state index is 13.2. The van der Waals surface area contributed by atoms with Gasteiger partial charge in [-0.1, -0.05) is 30.3 Å². The van der Waals surface area contributed by atoms with Gasteiger partial charge in [-0.15, -0.1) is 0 Å². The molecule has 0 radical (unpaired) electrons. The van der Waals surface area contributed by atoms with Gasteiger partial charge in [-0.25, -0.2) is 18.1 Å². The maximum atomic E-state index is 13.2. The third-order valence-electron chi connectivity index (χ3n) is 4.96. The van der Waals surface area contributed by atoms with Crippen LogP contribution >= 0.6 is 0 Å². The Morgan fingerprint density at radius 3 is 2.41 bits per heavy atom. The Morgan fingerprint density at radius 2 is 1.84 bits per heavy atom. The molecule has 0 bridgehead atoms. The van der Waals surface area contributed by atoms with Crippen molar-refractivity contribution in [1.82, 2.24) is 19.1 Å². The second-order valence-electron chi connectivity index (χ2n) is 8.50. The van der Waals surface area contributed by atoms with Gasteiger partial charge in [0.1, 0.15) is 4.90 Å². The highest BCUT2D eigenvalue weighted by molar-refractivity contribution is 7.89. The van der Waals surface area contributed by atoms with E-state index in [2.05, 4.69) is 10.1 Å². The molecule has 0 saturated carbocycles. The highest BCUT2D eigenvalue weighted by Crippen LogP contribution is 2.24. The van der Waals surface area contributed by atoms with Crippen LogP contribution in [0.5, 0.6) is 0 Å².